The third-order valence-corrected chi connectivity index (χ3v) is 3.80. The molecule has 0 fully saturated rings. The molecule has 3 rings (SSSR count). The van der Waals surface area contributed by atoms with Gasteiger partial charge in [-0.15, -0.1) is 0 Å². The van der Waals surface area contributed by atoms with Crippen molar-refractivity contribution in [2.75, 3.05) is 22.6 Å². The van der Waals surface area contributed by atoms with Crippen molar-refractivity contribution in [3.63, 3.8) is 0 Å². The van der Waals surface area contributed by atoms with Gasteiger partial charge in [0.15, 0.2) is 0 Å². The van der Waals surface area contributed by atoms with E-state index >= 15 is 0 Å². The van der Waals surface area contributed by atoms with Crippen molar-refractivity contribution in [3.05, 3.63) is 66.6 Å². The Hall–Kier alpha value is -3.94. The number of amides is 2. The first kappa shape index (κ1) is 19.8. The van der Waals surface area contributed by atoms with Crippen molar-refractivity contribution in [1.82, 2.24) is 9.97 Å². The first-order valence-corrected chi connectivity index (χ1v) is 9.04. The maximum absolute atomic E-state index is 12.5. The lowest BCUT2D eigenvalue weighted by Gasteiger charge is -2.09. The average Bonchev–Trinajstić information content (AvgIpc) is 2.71. The summed E-state index contributed by atoms with van der Waals surface area (Å²) in [6.45, 7) is 3.97. The van der Waals surface area contributed by atoms with Crippen LogP contribution in [0.2, 0.25) is 0 Å². The Morgan fingerprint density at radius 2 is 1.52 bits per heavy atom. The van der Waals surface area contributed by atoms with E-state index in [4.69, 9.17) is 4.74 Å². The van der Waals surface area contributed by atoms with E-state index in [0.717, 1.165) is 11.4 Å². The number of carbonyl (C=O) groups excluding carboxylic acids is 2. The number of anilines is 4. The summed E-state index contributed by atoms with van der Waals surface area (Å²) in [4.78, 5) is 31.7. The van der Waals surface area contributed by atoms with Gasteiger partial charge in [-0.1, -0.05) is 0 Å². The van der Waals surface area contributed by atoms with Gasteiger partial charge in [0.05, 0.1) is 6.61 Å². The number of hydrogen-bond acceptors (Lipinski definition) is 6. The fraction of sp³-hybridized carbons (Fsp3) is 0.143. The van der Waals surface area contributed by atoms with Crippen LogP contribution in [0.5, 0.6) is 5.75 Å². The smallest absolute Gasteiger partial charge is 0.274 e. The van der Waals surface area contributed by atoms with Gasteiger partial charge < -0.3 is 20.7 Å². The summed E-state index contributed by atoms with van der Waals surface area (Å²) in [6, 6.07) is 15.8. The molecule has 0 unspecified atom stereocenters. The highest BCUT2D eigenvalue weighted by Crippen LogP contribution is 2.20. The summed E-state index contributed by atoms with van der Waals surface area (Å²) in [5.41, 5.74) is 2.27. The lowest BCUT2D eigenvalue weighted by molar-refractivity contribution is -0.114. The molecule has 3 N–H and O–H groups in total. The highest BCUT2D eigenvalue weighted by molar-refractivity contribution is 6.03. The van der Waals surface area contributed by atoms with Gasteiger partial charge in [0.2, 0.25) is 5.91 Å². The van der Waals surface area contributed by atoms with Gasteiger partial charge in [0.25, 0.3) is 5.91 Å². The van der Waals surface area contributed by atoms with Crippen LogP contribution in [0.15, 0.2) is 60.9 Å². The summed E-state index contributed by atoms with van der Waals surface area (Å²) in [7, 11) is 0. The molecule has 148 valence electrons. The van der Waals surface area contributed by atoms with Gasteiger partial charge in [0.1, 0.15) is 23.6 Å². The van der Waals surface area contributed by atoms with Crippen LogP contribution >= 0.6 is 0 Å². The molecular weight excluding hydrogens is 370 g/mol. The van der Waals surface area contributed by atoms with E-state index in [2.05, 4.69) is 25.9 Å². The molecule has 29 heavy (non-hydrogen) atoms. The lowest BCUT2D eigenvalue weighted by atomic mass is 10.2. The molecule has 2 amide bonds. The number of rotatable bonds is 7. The zero-order chi connectivity index (χ0) is 20.6. The Kier molecular flexibility index (Phi) is 6.36. The SMILES string of the molecule is CCOc1ccc(Nc2cc(C(=O)Nc3ccc(NC(C)=O)cc3)ncn2)cc1. The molecule has 0 atom stereocenters. The second-order valence-electron chi connectivity index (χ2n) is 6.08. The topological polar surface area (TPSA) is 105 Å². The third-order valence-electron chi connectivity index (χ3n) is 3.80. The normalized spacial score (nSPS) is 10.1. The second-order valence-corrected chi connectivity index (χ2v) is 6.08. The Morgan fingerprint density at radius 1 is 0.897 bits per heavy atom. The molecule has 0 saturated carbocycles. The first-order valence-electron chi connectivity index (χ1n) is 9.04. The minimum atomic E-state index is -0.366. The predicted molar refractivity (Wildman–Crippen MR) is 112 cm³/mol. The molecular formula is C21H21N5O3. The lowest BCUT2D eigenvalue weighted by Crippen LogP contribution is -2.14. The molecule has 0 saturated heterocycles. The molecule has 0 aliphatic rings. The largest absolute Gasteiger partial charge is 0.494 e. The monoisotopic (exact) mass is 391 g/mol. The standard InChI is InChI=1S/C21H21N5O3/c1-3-29-18-10-8-16(9-11-18)25-20-12-19(22-13-23-20)21(28)26-17-6-4-15(5-7-17)24-14(2)27/h4-13H,3H2,1-2H3,(H,24,27)(H,26,28)(H,22,23,25). The summed E-state index contributed by atoms with van der Waals surface area (Å²) in [5.74, 6) is 0.755. The van der Waals surface area contributed by atoms with E-state index in [1.54, 1.807) is 30.3 Å². The maximum atomic E-state index is 12.5. The molecule has 1 aromatic heterocycles. The van der Waals surface area contributed by atoms with Gasteiger partial charge in [0, 0.05) is 30.1 Å². The number of hydrogen-bond donors (Lipinski definition) is 3. The molecule has 2 aromatic carbocycles. The first-order chi connectivity index (χ1) is 14.0. The van der Waals surface area contributed by atoms with Crippen LogP contribution in [0.25, 0.3) is 0 Å². The van der Waals surface area contributed by atoms with Gasteiger partial charge in [-0.05, 0) is 55.5 Å². The van der Waals surface area contributed by atoms with Crippen LogP contribution in [0.1, 0.15) is 24.3 Å². The molecule has 0 aliphatic heterocycles. The molecule has 0 spiro atoms. The number of carbonyl (C=O) groups is 2. The van der Waals surface area contributed by atoms with Crippen LogP contribution in [0, 0.1) is 0 Å². The average molecular weight is 391 g/mol. The van der Waals surface area contributed by atoms with Crippen molar-refractivity contribution in [2.45, 2.75) is 13.8 Å². The number of benzene rings is 2. The minimum Gasteiger partial charge on any atom is -0.494 e. The highest BCUT2D eigenvalue weighted by atomic mass is 16.5. The zero-order valence-corrected chi connectivity index (χ0v) is 16.1. The van der Waals surface area contributed by atoms with Crippen LogP contribution in [-0.4, -0.2) is 28.4 Å². The fourth-order valence-corrected chi connectivity index (χ4v) is 2.53. The Bertz CT molecular complexity index is 988. The molecule has 8 nitrogen and oxygen atoms in total. The van der Waals surface area contributed by atoms with Crippen molar-refractivity contribution in [2.24, 2.45) is 0 Å². The molecule has 0 radical (unpaired) electrons. The second kappa shape index (κ2) is 9.32. The van der Waals surface area contributed by atoms with E-state index < -0.39 is 0 Å². The predicted octanol–water partition coefficient (Wildman–Crippen LogP) is 3.83. The van der Waals surface area contributed by atoms with Crippen molar-refractivity contribution in [1.29, 1.82) is 0 Å². The summed E-state index contributed by atoms with van der Waals surface area (Å²) in [6.07, 6.45) is 1.33. The van der Waals surface area contributed by atoms with Gasteiger partial charge in [-0.2, -0.15) is 0 Å². The molecule has 0 aliphatic carbocycles. The molecule has 3 aromatic rings. The van der Waals surface area contributed by atoms with Crippen molar-refractivity contribution >= 4 is 34.7 Å². The van der Waals surface area contributed by atoms with E-state index in [1.807, 2.05) is 31.2 Å². The van der Waals surface area contributed by atoms with Gasteiger partial charge in [-0.25, -0.2) is 9.97 Å². The van der Waals surface area contributed by atoms with Crippen LogP contribution in [-0.2, 0) is 4.79 Å². The number of nitrogens with zero attached hydrogens (tertiary/aromatic N) is 2. The van der Waals surface area contributed by atoms with Crippen molar-refractivity contribution in [3.8, 4) is 5.75 Å². The summed E-state index contributed by atoms with van der Waals surface area (Å²) >= 11 is 0. The van der Waals surface area contributed by atoms with Crippen LogP contribution in [0.3, 0.4) is 0 Å². The van der Waals surface area contributed by atoms with Gasteiger partial charge in [-0.3, -0.25) is 9.59 Å². The number of aromatic nitrogens is 2. The molecule has 1 heterocycles. The molecule has 0 bridgehead atoms. The zero-order valence-electron chi connectivity index (χ0n) is 16.1. The van der Waals surface area contributed by atoms with E-state index in [-0.39, 0.29) is 17.5 Å². The van der Waals surface area contributed by atoms with E-state index in [9.17, 15) is 9.59 Å². The summed E-state index contributed by atoms with van der Waals surface area (Å²) in [5, 5.41) is 8.57. The Labute approximate surface area is 168 Å². The highest BCUT2D eigenvalue weighted by Gasteiger charge is 2.10. The Balaban J connectivity index is 1.65. The third kappa shape index (κ3) is 5.77. The number of ether oxygens (including phenoxy) is 1. The van der Waals surface area contributed by atoms with E-state index in [0.29, 0.717) is 23.8 Å². The van der Waals surface area contributed by atoms with Crippen molar-refractivity contribution < 1.29 is 14.3 Å². The number of nitrogens with one attached hydrogen (secondary N) is 3. The van der Waals surface area contributed by atoms with Crippen LogP contribution < -0.4 is 20.7 Å². The summed E-state index contributed by atoms with van der Waals surface area (Å²) < 4.78 is 5.42. The minimum absolute atomic E-state index is 0.157. The maximum Gasteiger partial charge on any atom is 0.274 e. The van der Waals surface area contributed by atoms with Crippen LogP contribution in [0.4, 0.5) is 22.9 Å². The van der Waals surface area contributed by atoms with Gasteiger partial charge >= 0.3 is 0 Å². The Morgan fingerprint density at radius 3 is 2.14 bits per heavy atom. The molecule has 8 heteroatoms. The quantitative estimate of drug-likeness (QED) is 0.565. The fourth-order valence-electron chi connectivity index (χ4n) is 2.53. The van der Waals surface area contributed by atoms with E-state index in [1.165, 1.54) is 13.3 Å².